The number of nitrogens with zero attached hydrogens (tertiary/aromatic N) is 1. The molecule has 7 heteroatoms. The van der Waals surface area contributed by atoms with Crippen molar-refractivity contribution in [3.63, 3.8) is 0 Å². The number of hydrogen-bond acceptors (Lipinski definition) is 4. The van der Waals surface area contributed by atoms with Crippen LogP contribution in [0, 0.1) is 0 Å². The number of ether oxygens (including phenoxy) is 1. The second-order valence-corrected chi connectivity index (χ2v) is 10.2. The van der Waals surface area contributed by atoms with Crippen molar-refractivity contribution in [3.8, 4) is 5.75 Å². The molecule has 2 aromatic rings. The SMILES string of the molecule is COc1ccc(NC(=O)[C@H]2CCCN2S(=O)(=O)c2ccc(C(C)(C)C)cc2)cc1. The highest BCUT2D eigenvalue weighted by Crippen LogP contribution is 2.29. The molecule has 1 aliphatic rings. The third-order valence-corrected chi connectivity index (χ3v) is 7.11. The van der Waals surface area contributed by atoms with Crippen molar-refractivity contribution in [2.45, 2.75) is 50.0 Å². The summed E-state index contributed by atoms with van der Waals surface area (Å²) in [6.07, 6.45) is 1.15. The molecule has 1 atom stereocenters. The molecule has 0 saturated carbocycles. The highest BCUT2D eigenvalue weighted by molar-refractivity contribution is 7.89. The topological polar surface area (TPSA) is 75.7 Å². The van der Waals surface area contributed by atoms with Crippen LogP contribution in [0.25, 0.3) is 0 Å². The fourth-order valence-corrected chi connectivity index (χ4v) is 5.11. The number of rotatable bonds is 5. The van der Waals surface area contributed by atoms with Gasteiger partial charge in [0.2, 0.25) is 15.9 Å². The molecule has 2 aromatic carbocycles. The summed E-state index contributed by atoms with van der Waals surface area (Å²) in [6, 6.07) is 13.2. The van der Waals surface area contributed by atoms with Crippen LogP contribution in [0.15, 0.2) is 53.4 Å². The maximum absolute atomic E-state index is 13.2. The third-order valence-electron chi connectivity index (χ3n) is 5.19. The smallest absolute Gasteiger partial charge is 0.243 e. The van der Waals surface area contributed by atoms with Gasteiger partial charge in [-0.2, -0.15) is 4.31 Å². The molecule has 29 heavy (non-hydrogen) atoms. The van der Waals surface area contributed by atoms with Crippen molar-refractivity contribution in [1.29, 1.82) is 0 Å². The minimum Gasteiger partial charge on any atom is -0.497 e. The lowest BCUT2D eigenvalue weighted by Gasteiger charge is -2.24. The van der Waals surface area contributed by atoms with E-state index in [2.05, 4.69) is 26.1 Å². The van der Waals surface area contributed by atoms with Crippen LogP contribution in [-0.2, 0) is 20.2 Å². The molecule has 1 amide bonds. The second kappa shape index (κ2) is 8.16. The molecule has 1 heterocycles. The van der Waals surface area contributed by atoms with Gasteiger partial charge in [-0.25, -0.2) is 8.42 Å². The Morgan fingerprint density at radius 2 is 1.69 bits per heavy atom. The van der Waals surface area contributed by atoms with Crippen LogP contribution in [0.5, 0.6) is 5.75 Å². The van der Waals surface area contributed by atoms with Gasteiger partial charge in [0.1, 0.15) is 11.8 Å². The van der Waals surface area contributed by atoms with Crippen molar-refractivity contribution < 1.29 is 17.9 Å². The highest BCUT2D eigenvalue weighted by Gasteiger charge is 2.39. The van der Waals surface area contributed by atoms with Crippen LogP contribution in [0.3, 0.4) is 0 Å². The summed E-state index contributed by atoms with van der Waals surface area (Å²) in [6.45, 7) is 6.58. The first-order valence-corrected chi connectivity index (χ1v) is 11.1. The first-order chi connectivity index (χ1) is 13.6. The Labute approximate surface area is 172 Å². The summed E-state index contributed by atoms with van der Waals surface area (Å²) in [5.74, 6) is 0.370. The largest absolute Gasteiger partial charge is 0.497 e. The van der Waals surface area contributed by atoms with E-state index in [1.165, 1.54) is 4.31 Å². The van der Waals surface area contributed by atoms with E-state index in [1.54, 1.807) is 43.5 Å². The molecule has 0 aliphatic carbocycles. The molecule has 0 spiro atoms. The number of nitrogens with one attached hydrogen (secondary N) is 1. The van der Waals surface area contributed by atoms with Gasteiger partial charge in [-0.05, 0) is 60.2 Å². The number of anilines is 1. The summed E-state index contributed by atoms with van der Waals surface area (Å²) in [5, 5.41) is 2.82. The molecular weight excluding hydrogens is 388 g/mol. The average molecular weight is 417 g/mol. The van der Waals surface area contributed by atoms with Gasteiger partial charge in [0.15, 0.2) is 0 Å². The van der Waals surface area contributed by atoms with Gasteiger partial charge < -0.3 is 10.1 Å². The Bertz CT molecular complexity index is 961. The Morgan fingerprint density at radius 3 is 2.24 bits per heavy atom. The predicted octanol–water partition coefficient (Wildman–Crippen LogP) is 3.78. The molecule has 1 N–H and O–H groups in total. The number of carbonyl (C=O) groups excluding carboxylic acids is 1. The van der Waals surface area contributed by atoms with Gasteiger partial charge in [0.25, 0.3) is 0 Å². The Hall–Kier alpha value is -2.38. The molecule has 0 aromatic heterocycles. The molecule has 6 nitrogen and oxygen atoms in total. The summed E-state index contributed by atoms with van der Waals surface area (Å²) in [7, 11) is -2.17. The first-order valence-electron chi connectivity index (χ1n) is 9.70. The standard InChI is InChI=1S/C22H28N2O4S/c1-22(2,3)16-7-13-19(14-8-16)29(26,27)24-15-5-6-20(24)21(25)23-17-9-11-18(28-4)12-10-17/h7-14,20H,5-6,15H2,1-4H3,(H,23,25)/t20-/m1/s1. The zero-order valence-electron chi connectivity index (χ0n) is 17.3. The van der Waals surface area contributed by atoms with Crippen molar-refractivity contribution in [2.24, 2.45) is 0 Å². The lowest BCUT2D eigenvalue weighted by atomic mass is 9.87. The van der Waals surface area contributed by atoms with Crippen LogP contribution < -0.4 is 10.1 Å². The van der Waals surface area contributed by atoms with Gasteiger partial charge in [0.05, 0.1) is 12.0 Å². The fourth-order valence-electron chi connectivity index (χ4n) is 3.45. The molecule has 0 unspecified atom stereocenters. The number of sulfonamides is 1. The van der Waals surface area contributed by atoms with Crippen LogP contribution in [0.1, 0.15) is 39.2 Å². The van der Waals surface area contributed by atoms with Gasteiger partial charge in [-0.1, -0.05) is 32.9 Å². The Kier molecular flexibility index (Phi) is 6.00. The lowest BCUT2D eigenvalue weighted by molar-refractivity contribution is -0.119. The van der Waals surface area contributed by atoms with E-state index in [1.807, 2.05) is 12.1 Å². The Morgan fingerprint density at radius 1 is 1.07 bits per heavy atom. The molecule has 156 valence electrons. The monoisotopic (exact) mass is 416 g/mol. The van der Waals surface area contributed by atoms with E-state index in [0.29, 0.717) is 30.8 Å². The minimum absolute atomic E-state index is 0.0588. The number of hydrogen-bond donors (Lipinski definition) is 1. The summed E-state index contributed by atoms with van der Waals surface area (Å²) in [4.78, 5) is 13.0. The molecular formula is C22H28N2O4S. The molecule has 1 saturated heterocycles. The first kappa shape index (κ1) is 21.3. The van der Waals surface area contributed by atoms with E-state index < -0.39 is 16.1 Å². The summed E-state index contributed by atoms with van der Waals surface area (Å²) in [5.41, 5.74) is 1.61. The van der Waals surface area contributed by atoms with E-state index in [-0.39, 0.29) is 16.2 Å². The van der Waals surface area contributed by atoms with E-state index in [0.717, 1.165) is 5.56 Å². The molecule has 0 bridgehead atoms. The Balaban J connectivity index is 1.78. The summed E-state index contributed by atoms with van der Waals surface area (Å²) < 4.78 is 32.8. The maximum Gasteiger partial charge on any atom is 0.243 e. The highest BCUT2D eigenvalue weighted by atomic mass is 32.2. The van der Waals surface area contributed by atoms with Gasteiger partial charge >= 0.3 is 0 Å². The number of carbonyl (C=O) groups is 1. The zero-order chi connectivity index (χ0) is 21.2. The minimum atomic E-state index is -3.75. The second-order valence-electron chi connectivity index (χ2n) is 8.27. The predicted molar refractivity (Wildman–Crippen MR) is 114 cm³/mol. The maximum atomic E-state index is 13.2. The van der Waals surface area contributed by atoms with Crippen LogP contribution in [0.2, 0.25) is 0 Å². The third kappa shape index (κ3) is 4.62. The summed E-state index contributed by atoms with van der Waals surface area (Å²) >= 11 is 0. The van der Waals surface area contributed by atoms with Gasteiger partial charge in [0, 0.05) is 12.2 Å². The molecule has 1 aliphatic heterocycles. The molecule has 3 rings (SSSR count). The number of benzene rings is 2. The lowest BCUT2D eigenvalue weighted by Crippen LogP contribution is -2.43. The van der Waals surface area contributed by atoms with E-state index in [9.17, 15) is 13.2 Å². The van der Waals surface area contributed by atoms with Crippen LogP contribution >= 0.6 is 0 Å². The number of methoxy groups -OCH3 is 1. The van der Waals surface area contributed by atoms with Crippen molar-refractivity contribution in [3.05, 3.63) is 54.1 Å². The normalized spacial score (nSPS) is 17.9. The quantitative estimate of drug-likeness (QED) is 0.805. The van der Waals surface area contributed by atoms with E-state index >= 15 is 0 Å². The molecule has 1 fully saturated rings. The van der Waals surface area contributed by atoms with E-state index in [4.69, 9.17) is 4.74 Å². The number of amides is 1. The molecule has 0 radical (unpaired) electrons. The van der Waals surface area contributed by atoms with Crippen molar-refractivity contribution >= 4 is 21.6 Å². The van der Waals surface area contributed by atoms with Crippen LogP contribution in [-0.4, -0.2) is 38.3 Å². The van der Waals surface area contributed by atoms with Gasteiger partial charge in [-0.3, -0.25) is 4.79 Å². The fraction of sp³-hybridized carbons (Fsp3) is 0.409. The van der Waals surface area contributed by atoms with Crippen molar-refractivity contribution in [2.75, 3.05) is 19.0 Å². The zero-order valence-corrected chi connectivity index (χ0v) is 18.1. The van der Waals surface area contributed by atoms with Crippen molar-refractivity contribution in [1.82, 2.24) is 4.31 Å². The average Bonchev–Trinajstić information content (AvgIpc) is 3.19. The van der Waals surface area contributed by atoms with Gasteiger partial charge in [-0.15, -0.1) is 0 Å². The van der Waals surface area contributed by atoms with Crippen LogP contribution in [0.4, 0.5) is 5.69 Å².